The van der Waals surface area contributed by atoms with Crippen molar-refractivity contribution in [1.29, 1.82) is 0 Å². The summed E-state index contributed by atoms with van der Waals surface area (Å²) >= 11 is 0. The summed E-state index contributed by atoms with van der Waals surface area (Å²) < 4.78 is 12.3. The summed E-state index contributed by atoms with van der Waals surface area (Å²) in [6, 6.07) is 0. The van der Waals surface area contributed by atoms with Gasteiger partial charge in [0.25, 0.3) is 0 Å². The molecule has 0 aromatic heterocycles. The average Bonchev–Trinajstić information content (AvgIpc) is 3.00. The molecule has 0 spiro atoms. The van der Waals surface area contributed by atoms with E-state index in [0.29, 0.717) is 26.2 Å². The third kappa shape index (κ3) is 32.6. The van der Waals surface area contributed by atoms with Crippen molar-refractivity contribution in [3.8, 4) is 0 Å². The van der Waals surface area contributed by atoms with Crippen LogP contribution in [0.15, 0.2) is 0 Å². The quantitative estimate of drug-likeness (QED) is 0.0415. The molecule has 0 aromatic rings. The van der Waals surface area contributed by atoms with Crippen LogP contribution in [0.2, 0.25) is 0 Å². The van der Waals surface area contributed by atoms with E-state index in [1.807, 2.05) is 0 Å². The lowest BCUT2D eigenvalue weighted by molar-refractivity contribution is -0.252. The zero-order chi connectivity index (χ0) is 30.6. The van der Waals surface area contributed by atoms with Crippen LogP contribution < -0.4 is 0 Å². The summed E-state index contributed by atoms with van der Waals surface area (Å²) in [5, 5.41) is 17.6. The highest BCUT2D eigenvalue weighted by Gasteiger charge is 2.16. The third-order valence-electron chi connectivity index (χ3n) is 8.26. The maximum Gasteiger partial charge on any atom is 0.0946 e. The van der Waals surface area contributed by atoms with Crippen LogP contribution >= 0.6 is 0 Å². The molecule has 0 radical (unpaired) electrons. The summed E-state index contributed by atoms with van der Waals surface area (Å²) in [5.74, 6) is 0. The first kappa shape index (κ1) is 41.7. The van der Waals surface area contributed by atoms with Crippen LogP contribution in [0.4, 0.5) is 0 Å². The van der Waals surface area contributed by atoms with E-state index in [9.17, 15) is 0 Å². The summed E-state index contributed by atoms with van der Waals surface area (Å²) in [6.45, 7) is 8.77. The molecular weight excluding hydrogens is 530 g/mol. The molecule has 0 aliphatic carbocycles. The fourth-order valence-corrected chi connectivity index (χ4v) is 5.53. The molecular formula is C35H73NO6. The Morgan fingerprint density at radius 3 is 1.19 bits per heavy atom. The van der Waals surface area contributed by atoms with Gasteiger partial charge < -0.3 is 9.47 Å². The zero-order valence-electron chi connectivity index (χ0n) is 28.2. The minimum absolute atomic E-state index is 0.0487. The van der Waals surface area contributed by atoms with Gasteiger partial charge in [0.1, 0.15) is 0 Å². The lowest BCUT2D eigenvalue weighted by Crippen LogP contribution is -2.40. The number of ether oxygens (including phenoxy) is 2. The molecule has 0 rings (SSSR count). The second kappa shape index (κ2) is 36.9. The molecule has 0 aromatic carbocycles. The summed E-state index contributed by atoms with van der Waals surface area (Å²) in [7, 11) is 0. The SMILES string of the molecule is CCCCCCCCCCCCCCOCC(CN(CCOO)CCOO)OCCCCCCCCCCCCCC. The molecule has 254 valence electrons. The van der Waals surface area contributed by atoms with Crippen molar-refractivity contribution >= 4 is 0 Å². The van der Waals surface area contributed by atoms with Gasteiger partial charge in [0.2, 0.25) is 0 Å². The van der Waals surface area contributed by atoms with E-state index in [4.69, 9.17) is 20.0 Å². The van der Waals surface area contributed by atoms with Crippen molar-refractivity contribution in [2.45, 2.75) is 174 Å². The first-order chi connectivity index (χ1) is 20.8. The smallest absolute Gasteiger partial charge is 0.0946 e. The summed E-state index contributed by atoms with van der Waals surface area (Å²) in [6.07, 6.45) is 32.0. The van der Waals surface area contributed by atoms with Gasteiger partial charge in [0, 0.05) is 32.8 Å². The highest BCUT2D eigenvalue weighted by atomic mass is 17.1. The van der Waals surface area contributed by atoms with Gasteiger partial charge in [-0.1, -0.05) is 155 Å². The number of hydrogen-bond donors (Lipinski definition) is 2. The molecule has 1 unspecified atom stereocenters. The highest BCUT2D eigenvalue weighted by Crippen LogP contribution is 2.14. The first-order valence-electron chi connectivity index (χ1n) is 18.2. The second-order valence-electron chi connectivity index (χ2n) is 12.3. The third-order valence-corrected chi connectivity index (χ3v) is 8.26. The number of unbranched alkanes of at least 4 members (excludes halogenated alkanes) is 22. The maximum atomic E-state index is 8.79. The fraction of sp³-hybridized carbons (Fsp3) is 1.00. The monoisotopic (exact) mass is 604 g/mol. The normalized spacial score (nSPS) is 12.5. The van der Waals surface area contributed by atoms with Gasteiger partial charge in [-0.05, 0) is 12.8 Å². The Kier molecular flexibility index (Phi) is 36.7. The van der Waals surface area contributed by atoms with E-state index in [1.54, 1.807) is 0 Å². The van der Waals surface area contributed by atoms with Gasteiger partial charge in [-0.15, -0.1) is 0 Å². The molecule has 42 heavy (non-hydrogen) atoms. The molecule has 0 bridgehead atoms. The molecule has 1 atom stereocenters. The van der Waals surface area contributed by atoms with E-state index in [-0.39, 0.29) is 19.3 Å². The first-order valence-corrected chi connectivity index (χ1v) is 18.2. The van der Waals surface area contributed by atoms with Crippen molar-refractivity contribution in [3.63, 3.8) is 0 Å². The number of rotatable bonds is 37. The Morgan fingerprint density at radius 1 is 0.452 bits per heavy atom. The Bertz CT molecular complexity index is 476. The maximum absolute atomic E-state index is 8.79. The predicted molar refractivity (Wildman–Crippen MR) is 176 cm³/mol. The van der Waals surface area contributed by atoms with Crippen LogP contribution in [0.25, 0.3) is 0 Å². The Balaban J connectivity index is 4.06. The largest absolute Gasteiger partial charge is 0.379 e. The van der Waals surface area contributed by atoms with E-state index < -0.39 is 0 Å². The second-order valence-corrected chi connectivity index (χ2v) is 12.3. The van der Waals surface area contributed by atoms with Gasteiger partial charge in [-0.2, -0.15) is 0 Å². The molecule has 0 saturated heterocycles. The van der Waals surface area contributed by atoms with Crippen LogP contribution in [0.3, 0.4) is 0 Å². The lowest BCUT2D eigenvalue weighted by atomic mass is 10.1. The summed E-state index contributed by atoms with van der Waals surface area (Å²) in [5.41, 5.74) is 0. The molecule has 7 nitrogen and oxygen atoms in total. The number of hydrogen-bond acceptors (Lipinski definition) is 7. The minimum Gasteiger partial charge on any atom is -0.379 e. The minimum atomic E-state index is -0.0487. The van der Waals surface area contributed by atoms with Crippen LogP contribution in [0.1, 0.15) is 168 Å². The van der Waals surface area contributed by atoms with Gasteiger partial charge in [-0.25, -0.2) is 9.78 Å². The molecule has 0 amide bonds. The molecule has 0 aliphatic heterocycles. The molecule has 0 heterocycles. The molecule has 2 N–H and O–H groups in total. The molecule has 0 saturated carbocycles. The highest BCUT2D eigenvalue weighted by molar-refractivity contribution is 4.67. The van der Waals surface area contributed by atoms with E-state index in [2.05, 4.69) is 28.5 Å². The molecule has 0 aliphatic rings. The van der Waals surface area contributed by atoms with Crippen molar-refractivity contribution in [2.75, 3.05) is 52.7 Å². The van der Waals surface area contributed by atoms with Crippen LogP contribution in [-0.2, 0) is 19.2 Å². The fourth-order valence-electron chi connectivity index (χ4n) is 5.53. The van der Waals surface area contributed by atoms with Crippen molar-refractivity contribution < 1.29 is 29.8 Å². The van der Waals surface area contributed by atoms with Crippen LogP contribution in [-0.4, -0.2) is 74.2 Å². The molecule has 7 heteroatoms. The summed E-state index contributed by atoms with van der Waals surface area (Å²) in [4.78, 5) is 10.6. The van der Waals surface area contributed by atoms with Crippen LogP contribution in [0, 0.1) is 0 Å². The lowest BCUT2D eigenvalue weighted by Gasteiger charge is -2.27. The predicted octanol–water partition coefficient (Wildman–Crippen LogP) is 10.1. The average molecular weight is 604 g/mol. The van der Waals surface area contributed by atoms with Crippen LogP contribution in [0.5, 0.6) is 0 Å². The standard InChI is InChI=1S/C35H73NO6/c1-3-5-7-9-11-13-15-17-19-21-23-25-29-39-34-35(33-36(27-31-41-37)28-32-42-38)40-30-26-24-22-20-18-16-14-12-10-8-6-4-2/h35,37-38H,3-34H2,1-2H3. The van der Waals surface area contributed by atoms with Gasteiger partial charge in [0.05, 0.1) is 25.9 Å². The Labute approximate surface area is 261 Å². The van der Waals surface area contributed by atoms with Gasteiger partial charge in [-0.3, -0.25) is 15.4 Å². The van der Waals surface area contributed by atoms with E-state index in [0.717, 1.165) is 26.1 Å². The van der Waals surface area contributed by atoms with Gasteiger partial charge in [0.15, 0.2) is 0 Å². The Hall–Kier alpha value is -0.280. The Morgan fingerprint density at radius 2 is 0.810 bits per heavy atom. The molecule has 0 fully saturated rings. The topological polar surface area (TPSA) is 80.6 Å². The van der Waals surface area contributed by atoms with E-state index >= 15 is 0 Å². The van der Waals surface area contributed by atoms with E-state index in [1.165, 1.54) is 141 Å². The van der Waals surface area contributed by atoms with Gasteiger partial charge >= 0.3 is 0 Å². The zero-order valence-corrected chi connectivity index (χ0v) is 28.2. The van der Waals surface area contributed by atoms with Crippen molar-refractivity contribution in [1.82, 2.24) is 4.90 Å². The van der Waals surface area contributed by atoms with Crippen molar-refractivity contribution in [2.24, 2.45) is 0 Å². The van der Waals surface area contributed by atoms with Crippen molar-refractivity contribution in [3.05, 3.63) is 0 Å². The number of nitrogens with zero attached hydrogens (tertiary/aromatic N) is 1.